The molecule has 18 heavy (non-hydrogen) atoms. The maximum Gasteiger partial charge on any atom is 0.160 e. The Bertz CT molecular complexity index is 570. The monoisotopic (exact) mass is 242 g/mol. The van der Waals surface area contributed by atoms with Crippen molar-refractivity contribution < 1.29 is 9.18 Å². The molecule has 0 N–H and O–H groups in total. The van der Waals surface area contributed by atoms with Gasteiger partial charge in [0.1, 0.15) is 5.82 Å². The first-order valence-electron chi connectivity index (χ1n) is 6.01. The lowest BCUT2D eigenvalue weighted by Crippen LogP contribution is -1.97. The predicted molar refractivity (Wildman–Crippen MR) is 71.2 cm³/mol. The third-order valence-electron chi connectivity index (χ3n) is 3.03. The molecule has 0 amide bonds. The largest absolute Gasteiger partial charge is 0.294 e. The molecule has 2 aromatic carbocycles. The minimum Gasteiger partial charge on any atom is -0.294 e. The topological polar surface area (TPSA) is 17.1 Å². The Morgan fingerprint density at radius 3 is 2.33 bits per heavy atom. The van der Waals surface area contributed by atoms with Crippen LogP contribution in [0.15, 0.2) is 42.5 Å². The highest BCUT2D eigenvalue weighted by Crippen LogP contribution is 2.25. The standard InChI is InChI=1S/C16H15FO/c1-3-12-4-6-13(7-5-12)15-9-8-14(17)10-16(15)11(2)18/h4-10H,3H2,1-2H3. The molecule has 0 aliphatic carbocycles. The smallest absolute Gasteiger partial charge is 0.160 e. The zero-order valence-corrected chi connectivity index (χ0v) is 10.5. The molecule has 0 aliphatic heterocycles. The molecular formula is C16H15FO. The summed E-state index contributed by atoms with van der Waals surface area (Å²) in [6, 6.07) is 12.3. The minimum absolute atomic E-state index is 0.121. The molecule has 0 aliphatic rings. The lowest BCUT2D eigenvalue weighted by atomic mass is 9.96. The van der Waals surface area contributed by atoms with Crippen molar-refractivity contribution in [3.05, 3.63) is 59.4 Å². The normalized spacial score (nSPS) is 10.4. The van der Waals surface area contributed by atoms with Crippen LogP contribution >= 0.6 is 0 Å². The molecule has 2 aromatic rings. The first-order valence-corrected chi connectivity index (χ1v) is 6.01. The number of carbonyl (C=O) groups excluding carboxylic acids is 1. The van der Waals surface area contributed by atoms with E-state index in [1.165, 1.54) is 24.6 Å². The number of Topliss-reactive ketones (excluding diaryl/α,β-unsaturated/α-hetero) is 1. The highest BCUT2D eigenvalue weighted by atomic mass is 19.1. The van der Waals surface area contributed by atoms with Crippen molar-refractivity contribution in [3.63, 3.8) is 0 Å². The minimum atomic E-state index is -0.380. The Labute approximate surface area is 106 Å². The second-order valence-corrected chi connectivity index (χ2v) is 4.30. The molecular weight excluding hydrogens is 227 g/mol. The summed E-state index contributed by atoms with van der Waals surface area (Å²) in [4.78, 5) is 11.5. The van der Waals surface area contributed by atoms with Crippen LogP contribution in [-0.4, -0.2) is 5.78 Å². The molecule has 0 fully saturated rings. The van der Waals surface area contributed by atoms with Crippen LogP contribution in [0.2, 0.25) is 0 Å². The quantitative estimate of drug-likeness (QED) is 0.735. The van der Waals surface area contributed by atoms with Gasteiger partial charge in [0, 0.05) is 5.56 Å². The summed E-state index contributed by atoms with van der Waals surface area (Å²) < 4.78 is 13.2. The second-order valence-electron chi connectivity index (χ2n) is 4.30. The number of carbonyl (C=O) groups is 1. The zero-order valence-electron chi connectivity index (χ0n) is 10.5. The van der Waals surface area contributed by atoms with Crippen LogP contribution in [0.5, 0.6) is 0 Å². The van der Waals surface area contributed by atoms with Gasteiger partial charge >= 0.3 is 0 Å². The molecule has 0 radical (unpaired) electrons. The summed E-state index contributed by atoms with van der Waals surface area (Å²) in [6.45, 7) is 3.55. The molecule has 2 rings (SSSR count). The Morgan fingerprint density at radius 1 is 1.11 bits per heavy atom. The summed E-state index contributed by atoms with van der Waals surface area (Å²) in [6.07, 6.45) is 0.975. The first-order chi connectivity index (χ1) is 8.61. The van der Waals surface area contributed by atoms with Crippen molar-refractivity contribution in [2.24, 2.45) is 0 Å². The Balaban J connectivity index is 2.52. The molecule has 1 nitrogen and oxygen atoms in total. The molecule has 0 bridgehead atoms. The molecule has 0 heterocycles. The third-order valence-corrected chi connectivity index (χ3v) is 3.03. The molecule has 0 saturated carbocycles. The summed E-state index contributed by atoms with van der Waals surface area (Å²) in [7, 11) is 0. The average Bonchev–Trinajstić information content (AvgIpc) is 2.39. The van der Waals surface area contributed by atoms with Gasteiger partial charge in [-0.25, -0.2) is 4.39 Å². The van der Waals surface area contributed by atoms with E-state index in [-0.39, 0.29) is 11.6 Å². The number of hydrogen-bond acceptors (Lipinski definition) is 1. The van der Waals surface area contributed by atoms with Gasteiger partial charge in [-0.05, 0) is 42.2 Å². The molecule has 2 heteroatoms. The summed E-state index contributed by atoms with van der Waals surface area (Å²) in [5, 5.41) is 0. The van der Waals surface area contributed by atoms with Gasteiger partial charge in [-0.2, -0.15) is 0 Å². The summed E-state index contributed by atoms with van der Waals surface area (Å²) in [5.74, 6) is -0.502. The van der Waals surface area contributed by atoms with Gasteiger partial charge in [0.05, 0.1) is 0 Å². The second kappa shape index (κ2) is 5.13. The fraction of sp³-hybridized carbons (Fsp3) is 0.188. The number of benzene rings is 2. The van der Waals surface area contributed by atoms with E-state index in [4.69, 9.17) is 0 Å². The SMILES string of the molecule is CCc1ccc(-c2ccc(F)cc2C(C)=O)cc1. The number of hydrogen-bond donors (Lipinski definition) is 0. The van der Waals surface area contributed by atoms with Crippen molar-refractivity contribution in [2.75, 3.05) is 0 Å². The number of aryl methyl sites for hydroxylation is 1. The van der Waals surface area contributed by atoms with E-state index in [1.54, 1.807) is 6.07 Å². The van der Waals surface area contributed by atoms with Gasteiger partial charge in [-0.15, -0.1) is 0 Å². The average molecular weight is 242 g/mol. The van der Waals surface area contributed by atoms with Crippen molar-refractivity contribution in [2.45, 2.75) is 20.3 Å². The van der Waals surface area contributed by atoms with Crippen molar-refractivity contribution >= 4 is 5.78 Å². The van der Waals surface area contributed by atoms with Crippen LogP contribution in [0.1, 0.15) is 29.8 Å². The zero-order chi connectivity index (χ0) is 13.1. The summed E-state index contributed by atoms with van der Waals surface area (Å²) in [5.41, 5.74) is 3.40. The van der Waals surface area contributed by atoms with Crippen molar-refractivity contribution in [1.29, 1.82) is 0 Å². The Morgan fingerprint density at radius 2 is 1.78 bits per heavy atom. The van der Waals surface area contributed by atoms with E-state index in [0.717, 1.165) is 17.5 Å². The van der Waals surface area contributed by atoms with Gasteiger partial charge in [0.2, 0.25) is 0 Å². The van der Waals surface area contributed by atoms with Gasteiger partial charge in [-0.3, -0.25) is 4.79 Å². The van der Waals surface area contributed by atoms with Crippen molar-refractivity contribution in [1.82, 2.24) is 0 Å². The Hall–Kier alpha value is -1.96. The van der Waals surface area contributed by atoms with E-state index in [2.05, 4.69) is 6.92 Å². The van der Waals surface area contributed by atoms with Crippen LogP contribution < -0.4 is 0 Å². The highest BCUT2D eigenvalue weighted by Gasteiger charge is 2.10. The van der Waals surface area contributed by atoms with Crippen LogP contribution in [0.25, 0.3) is 11.1 Å². The number of halogens is 1. The lowest BCUT2D eigenvalue weighted by Gasteiger charge is -2.08. The fourth-order valence-electron chi connectivity index (χ4n) is 1.98. The molecule has 0 atom stereocenters. The van der Waals surface area contributed by atoms with Crippen molar-refractivity contribution in [3.8, 4) is 11.1 Å². The van der Waals surface area contributed by atoms with Crippen LogP contribution in [-0.2, 0) is 6.42 Å². The fourth-order valence-corrected chi connectivity index (χ4v) is 1.98. The Kier molecular flexibility index (Phi) is 3.56. The molecule has 0 spiro atoms. The van der Waals surface area contributed by atoms with E-state index < -0.39 is 0 Å². The van der Waals surface area contributed by atoms with E-state index in [0.29, 0.717) is 5.56 Å². The van der Waals surface area contributed by atoms with E-state index in [1.807, 2.05) is 24.3 Å². The molecule has 92 valence electrons. The third kappa shape index (κ3) is 2.48. The number of ketones is 1. The first kappa shape index (κ1) is 12.5. The maximum atomic E-state index is 13.2. The molecule has 0 unspecified atom stereocenters. The van der Waals surface area contributed by atoms with Gasteiger partial charge in [-0.1, -0.05) is 37.3 Å². The summed E-state index contributed by atoms with van der Waals surface area (Å²) >= 11 is 0. The van der Waals surface area contributed by atoms with Gasteiger partial charge in [0.15, 0.2) is 5.78 Å². The van der Waals surface area contributed by atoms with E-state index >= 15 is 0 Å². The number of rotatable bonds is 3. The van der Waals surface area contributed by atoms with Crippen LogP contribution in [0.4, 0.5) is 4.39 Å². The highest BCUT2D eigenvalue weighted by molar-refractivity contribution is 6.00. The molecule has 0 saturated heterocycles. The molecule has 0 aromatic heterocycles. The lowest BCUT2D eigenvalue weighted by molar-refractivity contribution is 0.101. The predicted octanol–water partition coefficient (Wildman–Crippen LogP) is 4.26. The van der Waals surface area contributed by atoms with Crippen LogP contribution in [0, 0.1) is 5.82 Å². The van der Waals surface area contributed by atoms with E-state index in [9.17, 15) is 9.18 Å². The maximum absolute atomic E-state index is 13.2. The van der Waals surface area contributed by atoms with Gasteiger partial charge in [0.25, 0.3) is 0 Å². The van der Waals surface area contributed by atoms with Gasteiger partial charge < -0.3 is 0 Å². The van der Waals surface area contributed by atoms with Crippen LogP contribution in [0.3, 0.4) is 0 Å².